The van der Waals surface area contributed by atoms with E-state index in [-0.39, 0.29) is 0 Å². The van der Waals surface area contributed by atoms with Crippen LogP contribution < -0.4 is 9.80 Å². The van der Waals surface area contributed by atoms with Crippen LogP contribution in [0.1, 0.15) is 76.7 Å². The molecule has 0 amide bonds. The predicted molar refractivity (Wildman–Crippen MR) is 132 cm³/mol. The van der Waals surface area contributed by atoms with Crippen LogP contribution in [0.4, 0.5) is 11.4 Å². The van der Waals surface area contributed by atoms with Crippen LogP contribution in [-0.4, -0.2) is 6.17 Å². The van der Waals surface area contributed by atoms with Gasteiger partial charge in [-0.2, -0.15) is 0 Å². The van der Waals surface area contributed by atoms with Gasteiger partial charge in [0.25, 0.3) is 0 Å². The quantitative estimate of drug-likeness (QED) is 0.499. The molecule has 0 saturated heterocycles. The molecule has 0 bridgehead atoms. The first-order valence-electron chi connectivity index (χ1n) is 12.7. The maximum atomic E-state index is 2.79. The van der Waals surface area contributed by atoms with Crippen LogP contribution in [-0.2, 0) is 0 Å². The highest BCUT2D eigenvalue weighted by Crippen LogP contribution is 2.48. The summed E-state index contributed by atoms with van der Waals surface area (Å²) in [7, 11) is 0. The van der Waals surface area contributed by atoms with Gasteiger partial charge in [0, 0.05) is 28.7 Å². The Kier molecular flexibility index (Phi) is 6.07. The molecule has 3 aliphatic rings. The van der Waals surface area contributed by atoms with Crippen LogP contribution in [0, 0.1) is 18.8 Å². The normalized spacial score (nSPS) is 23.6. The van der Waals surface area contributed by atoms with Crippen molar-refractivity contribution < 1.29 is 0 Å². The average Bonchev–Trinajstić information content (AvgIpc) is 3.14. The lowest BCUT2D eigenvalue weighted by molar-refractivity contribution is 0.301. The number of allylic oxidation sites excluding steroid dienone is 2. The zero-order valence-electron chi connectivity index (χ0n) is 19.4. The average molecular weight is 415 g/mol. The highest BCUT2D eigenvalue weighted by molar-refractivity contribution is 5.69. The van der Waals surface area contributed by atoms with Gasteiger partial charge in [0.2, 0.25) is 0 Å². The number of benzene rings is 2. The van der Waals surface area contributed by atoms with Gasteiger partial charge in [-0.15, -0.1) is 0 Å². The maximum absolute atomic E-state index is 2.79. The molecule has 2 heteroatoms. The predicted octanol–water partition coefficient (Wildman–Crippen LogP) is 8.04. The standard InChI is InChI=1S/C29H38N2/c1-22-14-12-13-21-27(22)30-23(2)28(24-15-6-3-7-16-24)31(26-19-10-5-11-20-26)29(30)25-17-8-4-9-18-25/h5,10-14,19-21,24-25,29H,3-4,6-9,15-18H2,1-2H3. The second-order valence-corrected chi connectivity index (χ2v) is 9.98. The van der Waals surface area contributed by atoms with Crippen molar-refractivity contribution in [2.45, 2.75) is 84.2 Å². The number of rotatable bonds is 4. The molecule has 0 N–H and O–H groups in total. The van der Waals surface area contributed by atoms with Gasteiger partial charge in [0.15, 0.2) is 0 Å². The summed E-state index contributed by atoms with van der Waals surface area (Å²) in [4.78, 5) is 5.52. The van der Waals surface area contributed by atoms with Crippen molar-refractivity contribution in [1.82, 2.24) is 0 Å². The molecular weight excluding hydrogens is 376 g/mol. The number of para-hydroxylation sites is 2. The Morgan fingerprint density at radius 1 is 0.645 bits per heavy atom. The van der Waals surface area contributed by atoms with Crippen molar-refractivity contribution >= 4 is 11.4 Å². The topological polar surface area (TPSA) is 6.48 Å². The van der Waals surface area contributed by atoms with Crippen molar-refractivity contribution in [2.75, 3.05) is 9.80 Å². The van der Waals surface area contributed by atoms with E-state index in [9.17, 15) is 0 Å². The van der Waals surface area contributed by atoms with Gasteiger partial charge in [0.05, 0.1) is 0 Å². The highest BCUT2D eigenvalue weighted by Gasteiger charge is 2.45. The van der Waals surface area contributed by atoms with Gasteiger partial charge < -0.3 is 9.80 Å². The Morgan fingerprint density at radius 2 is 1.26 bits per heavy atom. The van der Waals surface area contributed by atoms with E-state index >= 15 is 0 Å². The largest absolute Gasteiger partial charge is 0.322 e. The first-order chi connectivity index (χ1) is 15.3. The van der Waals surface area contributed by atoms with E-state index in [1.807, 2.05) is 0 Å². The van der Waals surface area contributed by atoms with Crippen LogP contribution in [0.5, 0.6) is 0 Å². The lowest BCUT2D eigenvalue weighted by Crippen LogP contribution is -2.47. The Hall–Kier alpha value is -2.22. The highest BCUT2D eigenvalue weighted by atomic mass is 15.4. The van der Waals surface area contributed by atoms with Crippen LogP contribution in [0.3, 0.4) is 0 Å². The van der Waals surface area contributed by atoms with Crippen LogP contribution in [0.15, 0.2) is 66.0 Å². The second kappa shape index (κ2) is 9.10. The molecule has 2 aromatic rings. The minimum Gasteiger partial charge on any atom is -0.322 e. The van der Waals surface area contributed by atoms with E-state index < -0.39 is 0 Å². The van der Waals surface area contributed by atoms with Gasteiger partial charge in [-0.05, 0) is 69.2 Å². The van der Waals surface area contributed by atoms with Crippen LogP contribution >= 0.6 is 0 Å². The maximum Gasteiger partial charge on any atom is 0.113 e. The summed E-state index contributed by atoms with van der Waals surface area (Å²) in [6.07, 6.45) is 14.1. The van der Waals surface area contributed by atoms with Crippen molar-refractivity contribution in [2.24, 2.45) is 11.8 Å². The molecule has 2 aromatic carbocycles. The first kappa shape index (κ1) is 20.7. The summed E-state index contributed by atoms with van der Waals surface area (Å²) in [5, 5.41) is 0. The molecule has 1 unspecified atom stereocenters. The van der Waals surface area contributed by atoms with E-state index in [1.54, 1.807) is 5.70 Å². The molecule has 31 heavy (non-hydrogen) atoms. The minimum atomic E-state index is 0.403. The SMILES string of the molecule is CC1=C(C2CCCCC2)N(c2ccccc2)C(C2CCCCC2)N1c1ccccc1C. The lowest BCUT2D eigenvalue weighted by Gasteiger charge is -2.43. The Labute approximate surface area is 189 Å². The van der Waals surface area contributed by atoms with Gasteiger partial charge in [0.1, 0.15) is 6.17 Å². The summed E-state index contributed by atoms with van der Waals surface area (Å²) in [6, 6.07) is 20.3. The van der Waals surface area contributed by atoms with E-state index in [0.29, 0.717) is 18.0 Å². The molecule has 1 heterocycles. The molecule has 1 atom stereocenters. The van der Waals surface area contributed by atoms with Gasteiger partial charge in [-0.25, -0.2) is 0 Å². The third-order valence-corrected chi connectivity index (χ3v) is 7.99. The van der Waals surface area contributed by atoms with Gasteiger partial charge in [-0.3, -0.25) is 0 Å². The van der Waals surface area contributed by atoms with Crippen molar-refractivity contribution in [1.29, 1.82) is 0 Å². The molecule has 2 fully saturated rings. The molecule has 0 spiro atoms. The fourth-order valence-corrected chi connectivity index (χ4v) is 6.51. The fourth-order valence-electron chi connectivity index (χ4n) is 6.51. The smallest absolute Gasteiger partial charge is 0.113 e. The molecule has 164 valence electrons. The third kappa shape index (κ3) is 3.90. The summed E-state index contributed by atoms with van der Waals surface area (Å²) >= 11 is 0. The fraction of sp³-hybridized carbons (Fsp3) is 0.517. The minimum absolute atomic E-state index is 0.403. The molecule has 2 saturated carbocycles. The zero-order valence-corrected chi connectivity index (χ0v) is 19.4. The third-order valence-electron chi connectivity index (χ3n) is 7.99. The van der Waals surface area contributed by atoms with E-state index in [4.69, 9.17) is 0 Å². The van der Waals surface area contributed by atoms with E-state index in [1.165, 1.54) is 86.8 Å². The molecule has 5 rings (SSSR count). The van der Waals surface area contributed by atoms with Gasteiger partial charge >= 0.3 is 0 Å². The molecule has 0 radical (unpaired) electrons. The first-order valence-corrected chi connectivity index (χ1v) is 12.7. The molecule has 2 nitrogen and oxygen atoms in total. The summed E-state index contributed by atoms with van der Waals surface area (Å²) in [6.45, 7) is 4.70. The number of hydrogen-bond donors (Lipinski definition) is 0. The molecule has 1 aliphatic heterocycles. The van der Waals surface area contributed by atoms with Gasteiger partial charge in [-0.1, -0.05) is 74.9 Å². The Morgan fingerprint density at radius 3 is 1.94 bits per heavy atom. The summed E-state index contributed by atoms with van der Waals surface area (Å²) in [5.41, 5.74) is 7.29. The van der Waals surface area contributed by atoms with Crippen LogP contribution in [0.25, 0.3) is 0 Å². The number of nitrogens with zero attached hydrogens (tertiary/aromatic N) is 2. The van der Waals surface area contributed by atoms with E-state index in [0.717, 1.165) is 0 Å². The van der Waals surface area contributed by atoms with Crippen molar-refractivity contribution in [3.8, 4) is 0 Å². The molecular formula is C29H38N2. The molecule has 0 aromatic heterocycles. The number of hydrogen-bond acceptors (Lipinski definition) is 2. The van der Waals surface area contributed by atoms with Crippen molar-refractivity contribution in [3.63, 3.8) is 0 Å². The van der Waals surface area contributed by atoms with Crippen molar-refractivity contribution in [3.05, 3.63) is 71.6 Å². The summed E-state index contributed by atoms with van der Waals surface area (Å²) in [5.74, 6) is 1.40. The number of anilines is 2. The number of aryl methyl sites for hydroxylation is 1. The van der Waals surface area contributed by atoms with Crippen LogP contribution in [0.2, 0.25) is 0 Å². The Bertz CT molecular complexity index is 903. The zero-order chi connectivity index (χ0) is 21.2. The second-order valence-electron chi connectivity index (χ2n) is 9.98. The molecule has 2 aliphatic carbocycles. The monoisotopic (exact) mass is 414 g/mol. The van der Waals surface area contributed by atoms with E-state index in [2.05, 4.69) is 78.2 Å². The summed E-state index contributed by atoms with van der Waals surface area (Å²) < 4.78 is 0. The lowest BCUT2D eigenvalue weighted by atomic mass is 9.84. The Balaban J connectivity index is 1.66.